The van der Waals surface area contributed by atoms with Crippen LogP contribution < -0.4 is 14.8 Å². The first-order valence-corrected chi connectivity index (χ1v) is 6.21. The van der Waals surface area contributed by atoms with E-state index in [-0.39, 0.29) is 6.61 Å². The predicted octanol–water partition coefficient (Wildman–Crippen LogP) is 1.74. The first-order valence-electron chi connectivity index (χ1n) is 6.21. The van der Waals surface area contributed by atoms with Gasteiger partial charge in [0.1, 0.15) is 12.7 Å². The van der Waals surface area contributed by atoms with Gasteiger partial charge in [-0.15, -0.1) is 0 Å². The molecule has 1 aromatic rings. The number of aliphatic hydroxyl groups is 1. The lowest BCUT2D eigenvalue weighted by atomic mass is 10.2. The van der Waals surface area contributed by atoms with Crippen LogP contribution in [0.5, 0.6) is 11.5 Å². The molecule has 1 unspecified atom stereocenters. The van der Waals surface area contributed by atoms with E-state index in [1.807, 2.05) is 39.0 Å². The topological polar surface area (TPSA) is 50.7 Å². The monoisotopic (exact) mass is 253 g/mol. The van der Waals surface area contributed by atoms with E-state index in [2.05, 4.69) is 5.32 Å². The van der Waals surface area contributed by atoms with Crippen LogP contribution in [0.1, 0.15) is 19.4 Å². The van der Waals surface area contributed by atoms with Gasteiger partial charge >= 0.3 is 0 Å². The smallest absolute Gasteiger partial charge is 0.161 e. The van der Waals surface area contributed by atoms with E-state index >= 15 is 0 Å². The molecule has 0 saturated carbocycles. The molecule has 18 heavy (non-hydrogen) atoms. The summed E-state index contributed by atoms with van der Waals surface area (Å²) in [6.45, 7) is 6.84. The molecule has 0 aliphatic rings. The maximum atomic E-state index is 9.75. The van der Waals surface area contributed by atoms with Crippen LogP contribution in [0.15, 0.2) is 18.2 Å². The van der Waals surface area contributed by atoms with Crippen molar-refractivity contribution < 1.29 is 14.6 Å². The maximum Gasteiger partial charge on any atom is 0.161 e. The molecule has 4 nitrogen and oxygen atoms in total. The summed E-state index contributed by atoms with van der Waals surface area (Å²) in [5.74, 6) is 1.35. The Bertz CT molecular complexity index is 366. The third kappa shape index (κ3) is 4.94. The number of hydrogen-bond donors (Lipinski definition) is 2. The highest BCUT2D eigenvalue weighted by atomic mass is 16.5. The molecule has 0 heterocycles. The molecule has 1 aromatic carbocycles. The summed E-state index contributed by atoms with van der Waals surface area (Å²) in [7, 11) is 1.61. The molecule has 0 aliphatic heterocycles. The second kappa shape index (κ2) is 7.24. The molecule has 0 spiro atoms. The van der Waals surface area contributed by atoms with Gasteiger partial charge in [-0.1, -0.05) is 19.9 Å². The summed E-state index contributed by atoms with van der Waals surface area (Å²) in [5.41, 5.74) is 1.11. The fourth-order valence-electron chi connectivity index (χ4n) is 1.51. The first-order chi connectivity index (χ1) is 8.52. The Hall–Kier alpha value is -1.26. The van der Waals surface area contributed by atoms with Crippen LogP contribution in [0.4, 0.5) is 0 Å². The summed E-state index contributed by atoms with van der Waals surface area (Å²) in [4.78, 5) is 0. The Balaban J connectivity index is 2.47. The lowest BCUT2D eigenvalue weighted by molar-refractivity contribution is 0.103. The van der Waals surface area contributed by atoms with Crippen LogP contribution in [0.3, 0.4) is 0 Å². The molecule has 4 heteroatoms. The Morgan fingerprint density at radius 3 is 2.61 bits per heavy atom. The number of ether oxygens (including phenoxy) is 2. The van der Waals surface area contributed by atoms with Gasteiger partial charge in [-0.3, -0.25) is 0 Å². The molecular weight excluding hydrogens is 230 g/mol. The zero-order chi connectivity index (χ0) is 13.5. The highest BCUT2D eigenvalue weighted by Gasteiger charge is 2.09. The molecule has 0 aliphatic carbocycles. The Kier molecular flexibility index (Phi) is 5.95. The molecule has 0 aromatic heterocycles. The van der Waals surface area contributed by atoms with Crippen LogP contribution in [-0.4, -0.2) is 37.5 Å². The van der Waals surface area contributed by atoms with Crippen LogP contribution >= 0.6 is 0 Å². The second-order valence-corrected chi connectivity index (χ2v) is 4.68. The van der Waals surface area contributed by atoms with Crippen molar-refractivity contribution in [1.82, 2.24) is 5.32 Å². The van der Waals surface area contributed by atoms with E-state index in [1.165, 1.54) is 0 Å². The highest BCUT2D eigenvalue weighted by Crippen LogP contribution is 2.27. The number of hydrogen-bond acceptors (Lipinski definition) is 4. The molecule has 1 rings (SSSR count). The van der Waals surface area contributed by atoms with Crippen molar-refractivity contribution in [2.45, 2.75) is 32.9 Å². The van der Waals surface area contributed by atoms with Crippen LogP contribution in [0.25, 0.3) is 0 Å². The highest BCUT2D eigenvalue weighted by molar-refractivity contribution is 5.42. The molecule has 1 atom stereocenters. The van der Waals surface area contributed by atoms with Crippen LogP contribution in [0.2, 0.25) is 0 Å². The number of aryl methyl sites for hydroxylation is 1. The summed E-state index contributed by atoms with van der Waals surface area (Å²) >= 11 is 0. The quantitative estimate of drug-likeness (QED) is 0.777. The van der Waals surface area contributed by atoms with E-state index in [0.717, 1.165) is 5.56 Å². The number of benzene rings is 1. The minimum Gasteiger partial charge on any atom is -0.493 e. The average molecular weight is 253 g/mol. The van der Waals surface area contributed by atoms with E-state index in [4.69, 9.17) is 9.47 Å². The van der Waals surface area contributed by atoms with Crippen molar-refractivity contribution in [2.75, 3.05) is 20.3 Å². The van der Waals surface area contributed by atoms with Gasteiger partial charge in [0, 0.05) is 12.6 Å². The summed E-state index contributed by atoms with van der Waals surface area (Å²) in [6.07, 6.45) is -0.529. The Morgan fingerprint density at radius 2 is 2.00 bits per heavy atom. The third-order valence-corrected chi connectivity index (χ3v) is 2.51. The maximum absolute atomic E-state index is 9.75. The van der Waals surface area contributed by atoms with Crippen molar-refractivity contribution in [1.29, 1.82) is 0 Å². The molecule has 0 saturated heterocycles. The number of nitrogens with one attached hydrogen (secondary N) is 1. The zero-order valence-corrected chi connectivity index (χ0v) is 11.6. The fraction of sp³-hybridized carbons (Fsp3) is 0.571. The normalized spacial score (nSPS) is 12.6. The van der Waals surface area contributed by atoms with E-state index in [1.54, 1.807) is 7.11 Å². The molecule has 0 amide bonds. The molecule has 102 valence electrons. The van der Waals surface area contributed by atoms with Gasteiger partial charge in [-0.2, -0.15) is 0 Å². The third-order valence-electron chi connectivity index (χ3n) is 2.51. The molecular formula is C14H23NO3. The van der Waals surface area contributed by atoms with Gasteiger partial charge in [0.15, 0.2) is 11.5 Å². The van der Waals surface area contributed by atoms with Crippen molar-refractivity contribution in [3.05, 3.63) is 23.8 Å². The number of methoxy groups -OCH3 is 1. The second-order valence-electron chi connectivity index (χ2n) is 4.68. The summed E-state index contributed by atoms with van der Waals surface area (Å²) in [6, 6.07) is 6.08. The van der Waals surface area contributed by atoms with E-state index in [9.17, 15) is 5.11 Å². The SMILES string of the molecule is COc1cc(C)ccc1OCC(O)CNC(C)C. The summed E-state index contributed by atoms with van der Waals surface area (Å²) in [5, 5.41) is 12.9. The van der Waals surface area contributed by atoms with Crippen LogP contribution in [0, 0.1) is 6.92 Å². The average Bonchev–Trinajstić information content (AvgIpc) is 2.34. The fourth-order valence-corrected chi connectivity index (χ4v) is 1.51. The lowest BCUT2D eigenvalue weighted by Crippen LogP contribution is -2.35. The van der Waals surface area contributed by atoms with Gasteiger partial charge < -0.3 is 19.9 Å². The minimum atomic E-state index is -0.529. The van der Waals surface area contributed by atoms with Gasteiger partial charge in [0.05, 0.1) is 7.11 Å². The number of rotatable bonds is 7. The van der Waals surface area contributed by atoms with E-state index in [0.29, 0.717) is 24.1 Å². The molecule has 2 N–H and O–H groups in total. The standard InChI is InChI=1S/C14H23NO3/c1-10(2)15-8-12(16)9-18-13-6-5-11(3)7-14(13)17-4/h5-7,10,12,15-16H,8-9H2,1-4H3. The zero-order valence-electron chi connectivity index (χ0n) is 11.6. The van der Waals surface area contributed by atoms with Crippen molar-refractivity contribution in [2.24, 2.45) is 0 Å². The van der Waals surface area contributed by atoms with Gasteiger partial charge in [-0.05, 0) is 24.6 Å². The van der Waals surface area contributed by atoms with E-state index < -0.39 is 6.10 Å². The van der Waals surface area contributed by atoms with Crippen molar-refractivity contribution in [3.8, 4) is 11.5 Å². The Morgan fingerprint density at radius 1 is 1.28 bits per heavy atom. The van der Waals surface area contributed by atoms with Crippen LogP contribution in [-0.2, 0) is 0 Å². The first kappa shape index (κ1) is 14.8. The Labute approximate surface area is 109 Å². The van der Waals surface area contributed by atoms with Gasteiger partial charge in [-0.25, -0.2) is 0 Å². The summed E-state index contributed by atoms with van der Waals surface area (Å²) < 4.78 is 10.8. The van der Waals surface area contributed by atoms with Gasteiger partial charge in [0.2, 0.25) is 0 Å². The number of aliphatic hydroxyl groups excluding tert-OH is 1. The van der Waals surface area contributed by atoms with Crippen molar-refractivity contribution >= 4 is 0 Å². The van der Waals surface area contributed by atoms with Crippen molar-refractivity contribution in [3.63, 3.8) is 0 Å². The predicted molar refractivity (Wildman–Crippen MR) is 72.4 cm³/mol. The minimum absolute atomic E-state index is 0.249. The molecule has 0 radical (unpaired) electrons. The van der Waals surface area contributed by atoms with Gasteiger partial charge in [0.25, 0.3) is 0 Å². The molecule has 0 bridgehead atoms. The lowest BCUT2D eigenvalue weighted by Gasteiger charge is -2.16. The molecule has 0 fully saturated rings. The largest absolute Gasteiger partial charge is 0.493 e.